The number of rotatable bonds is 5. The van der Waals surface area contributed by atoms with Crippen LogP contribution in [-0.4, -0.2) is 4.98 Å². The van der Waals surface area contributed by atoms with Gasteiger partial charge in [0.05, 0.1) is 22.6 Å². The lowest BCUT2D eigenvalue weighted by atomic mass is 10.1. The molecule has 0 aliphatic rings. The number of nitrogens with zero attached hydrogens (tertiary/aromatic N) is 2. The zero-order chi connectivity index (χ0) is 16.1. The second kappa shape index (κ2) is 7.16. The smallest absolute Gasteiger partial charge is 0.0844 e. The van der Waals surface area contributed by atoms with Gasteiger partial charge in [-0.2, -0.15) is 0 Å². The lowest BCUT2D eigenvalue weighted by Gasteiger charge is -2.27. The van der Waals surface area contributed by atoms with E-state index in [1.54, 1.807) is 12.4 Å². The van der Waals surface area contributed by atoms with Gasteiger partial charge in [0.2, 0.25) is 0 Å². The van der Waals surface area contributed by atoms with Gasteiger partial charge in [0, 0.05) is 19.3 Å². The summed E-state index contributed by atoms with van der Waals surface area (Å²) in [6.07, 6.45) is 3.28. The number of halogens is 1. The highest BCUT2D eigenvalue weighted by molar-refractivity contribution is 6.33. The standard InChI is InChI=1S/C19H18ClN3/c20-17-11-22-12-18(21)19(17)23(13-15-7-3-1-4-8-15)14-16-9-5-2-6-10-16/h1-12H,13-14,21H2. The van der Waals surface area contributed by atoms with Gasteiger partial charge in [0.15, 0.2) is 0 Å². The van der Waals surface area contributed by atoms with Crippen LogP contribution in [-0.2, 0) is 13.1 Å². The van der Waals surface area contributed by atoms with Crippen LogP contribution in [0.4, 0.5) is 11.4 Å². The van der Waals surface area contributed by atoms with Crippen molar-refractivity contribution in [1.29, 1.82) is 0 Å². The van der Waals surface area contributed by atoms with Gasteiger partial charge >= 0.3 is 0 Å². The molecule has 0 aliphatic heterocycles. The second-order valence-corrected chi connectivity index (χ2v) is 5.79. The number of hydrogen-bond acceptors (Lipinski definition) is 3. The molecule has 2 aromatic carbocycles. The molecule has 3 aromatic rings. The minimum absolute atomic E-state index is 0.567. The third-order valence-electron chi connectivity index (χ3n) is 3.65. The van der Waals surface area contributed by atoms with Gasteiger partial charge in [-0.1, -0.05) is 72.3 Å². The fraction of sp³-hybridized carbons (Fsp3) is 0.105. The minimum Gasteiger partial charge on any atom is -0.396 e. The maximum absolute atomic E-state index is 6.37. The number of nitrogens with two attached hydrogens (primary N) is 1. The largest absolute Gasteiger partial charge is 0.396 e. The summed E-state index contributed by atoms with van der Waals surface area (Å²) in [5, 5.41) is 0.567. The van der Waals surface area contributed by atoms with E-state index in [4.69, 9.17) is 17.3 Å². The predicted octanol–water partition coefficient (Wildman–Crippen LogP) is 4.52. The lowest BCUT2D eigenvalue weighted by Crippen LogP contribution is -2.23. The number of anilines is 2. The first-order valence-corrected chi connectivity index (χ1v) is 7.83. The van der Waals surface area contributed by atoms with E-state index >= 15 is 0 Å². The summed E-state index contributed by atoms with van der Waals surface area (Å²) in [5.74, 6) is 0. The highest BCUT2D eigenvalue weighted by Crippen LogP contribution is 2.33. The van der Waals surface area contributed by atoms with E-state index in [2.05, 4.69) is 34.1 Å². The topological polar surface area (TPSA) is 42.1 Å². The van der Waals surface area contributed by atoms with E-state index in [0.717, 1.165) is 18.8 Å². The van der Waals surface area contributed by atoms with Crippen molar-refractivity contribution in [2.24, 2.45) is 0 Å². The van der Waals surface area contributed by atoms with Crippen molar-refractivity contribution in [3.63, 3.8) is 0 Å². The molecule has 0 saturated carbocycles. The van der Waals surface area contributed by atoms with Crippen LogP contribution in [0.1, 0.15) is 11.1 Å². The quantitative estimate of drug-likeness (QED) is 0.750. The molecule has 0 atom stereocenters. The summed E-state index contributed by atoms with van der Waals surface area (Å²) < 4.78 is 0. The minimum atomic E-state index is 0.567. The zero-order valence-corrected chi connectivity index (χ0v) is 13.4. The van der Waals surface area contributed by atoms with Crippen LogP contribution in [0.25, 0.3) is 0 Å². The van der Waals surface area contributed by atoms with E-state index in [1.165, 1.54) is 11.1 Å². The molecule has 116 valence electrons. The van der Waals surface area contributed by atoms with Crippen LogP contribution in [0.15, 0.2) is 73.1 Å². The third kappa shape index (κ3) is 3.82. The Morgan fingerprint density at radius 3 is 1.83 bits per heavy atom. The number of nitrogen functional groups attached to an aromatic ring is 1. The fourth-order valence-corrected chi connectivity index (χ4v) is 2.88. The number of aromatic nitrogens is 1. The molecule has 0 bridgehead atoms. The molecule has 2 N–H and O–H groups in total. The molecule has 1 heterocycles. The Morgan fingerprint density at radius 2 is 1.35 bits per heavy atom. The highest BCUT2D eigenvalue weighted by Gasteiger charge is 2.15. The van der Waals surface area contributed by atoms with Crippen molar-refractivity contribution < 1.29 is 0 Å². The number of pyridine rings is 1. The third-order valence-corrected chi connectivity index (χ3v) is 3.93. The summed E-state index contributed by atoms with van der Waals surface area (Å²) in [6, 6.07) is 20.6. The maximum atomic E-state index is 6.37. The van der Waals surface area contributed by atoms with Gasteiger partial charge in [-0.3, -0.25) is 4.98 Å². The Kier molecular flexibility index (Phi) is 4.79. The van der Waals surface area contributed by atoms with Crippen molar-refractivity contribution in [1.82, 2.24) is 4.98 Å². The van der Waals surface area contributed by atoms with Crippen molar-refractivity contribution in [2.45, 2.75) is 13.1 Å². The number of hydrogen-bond donors (Lipinski definition) is 1. The Balaban J connectivity index is 1.96. The Morgan fingerprint density at radius 1 is 0.826 bits per heavy atom. The van der Waals surface area contributed by atoms with Crippen LogP contribution in [0.2, 0.25) is 5.02 Å². The molecule has 0 spiro atoms. The van der Waals surface area contributed by atoms with Crippen molar-refractivity contribution in [3.8, 4) is 0 Å². The van der Waals surface area contributed by atoms with E-state index in [-0.39, 0.29) is 0 Å². The average molecular weight is 324 g/mol. The first kappa shape index (κ1) is 15.4. The lowest BCUT2D eigenvalue weighted by molar-refractivity contribution is 0.800. The zero-order valence-electron chi connectivity index (χ0n) is 12.7. The predicted molar refractivity (Wildman–Crippen MR) is 96.4 cm³/mol. The first-order chi connectivity index (χ1) is 11.2. The summed E-state index contributed by atoms with van der Waals surface area (Å²) in [7, 11) is 0. The van der Waals surface area contributed by atoms with Crippen LogP contribution < -0.4 is 10.6 Å². The van der Waals surface area contributed by atoms with E-state index < -0.39 is 0 Å². The molecule has 23 heavy (non-hydrogen) atoms. The molecule has 0 amide bonds. The normalized spacial score (nSPS) is 10.5. The second-order valence-electron chi connectivity index (χ2n) is 5.39. The summed E-state index contributed by atoms with van der Waals surface area (Å²) in [5.41, 5.74) is 9.97. The highest BCUT2D eigenvalue weighted by atomic mass is 35.5. The Labute approximate surface area is 141 Å². The van der Waals surface area contributed by atoms with Gasteiger partial charge in [-0.25, -0.2) is 0 Å². The molecule has 0 aliphatic carbocycles. The molecule has 1 aromatic heterocycles. The summed E-state index contributed by atoms with van der Waals surface area (Å²) in [4.78, 5) is 6.24. The van der Waals surface area contributed by atoms with Crippen molar-refractivity contribution >= 4 is 23.0 Å². The molecular formula is C19H18ClN3. The number of benzene rings is 2. The van der Waals surface area contributed by atoms with Gasteiger partial charge in [-0.05, 0) is 11.1 Å². The van der Waals surface area contributed by atoms with Crippen molar-refractivity contribution in [2.75, 3.05) is 10.6 Å². The molecule has 0 fully saturated rings. The van der Waals surface area contributed by atoms with Crippen LogP contribution in [0.5, 0.6) is 0 Å². The summed E-state index contributed by atoms with van der Waals surface area (Å²) in [6.45, 7) is 1.45. The SMILES string of the molecule is Nc1cncc(Cl)c1N(Cc1ccccc1)Cc1ccccc1. The molecule has 3 nitrogen and oxygen atoms in total. The Bertz CT molecular complexity index is 698. The molecule has 3 rings (SSSR count). The van der Waals surface area contributed by atoms with Gasteiger partial charge in [0.1, 0.15) is 0 Å². The molecule has 0 unspecified atom stereocenters. The molecule has 4 heteroatoms. The van der Waals surface area contributed by atoms with E-state index in [0.29, 0.717) is 10.7 Å². The van der Waals surface area contributed by atoms with Crippen molar-refractivity contribution in [3.05, 3.63) is 89.2 Å². The van der Waals surface area contributed by atoms with Crippen LogP contribution >= 0.6 is 11.6 Å². The molecular weight excluding hydrogens is 306 g/mol. The van der Waals surface area contributed by atoms with Gasteiger partial charge in [0.25, 0.3) is 0 Å². The van der Waals surface area contributed by atoms with E-state index in [9.17, 15) is 0 Å². The van der Waals surface area contributed by atoms with Gasteiger partial charge < -0.3 is 10.6 Å². The molecule has 0 radical (unpaired) electrons. The Hall–Kier alpha value is -2.52. The first-order valence-electron chi connectivity index (χ1n) is 7.46. The van der Waals surface area contributed by atoms with E-state index in [1.807, 2.05) is 36.4 Å². The fourth-order valence-electron chi connectivity index (χ4n) is 2.60. The van der Waals surface area contributed by atoms with Crippen LogP contribution in [0, 0.1) is 0 Å². The summed E-state index contributed by atoms with van der Waals surface area (Å²) >= 11 is 6.37. The van der Waals surface area contributed by atoms with Crippen LogP contribution in [0.3, 0.4) is 0 Å². The van der Waals surface area contributed by atoms with Gasteiger partial charge in [-0.15, -0.1) is 0 Å². The average Bonchev–Trinajstić information content (AvgIpc) is 2.56. The maximum Gasteiger partial charge on any atom is 0.0844 e. The molecule has 0 saturated heterocycles. The monoisotopic (exact) mass is 323 g/mol.